The van der Waals surface area contributed by atoms with Gasteiger partial charge < -0.3 is 15.1 Å². The second-order valence-corrected chi connectivity index (χ2v) is 9.90. The van der Waals surface area contributed by atoms with Crippen LogP contribution in [0.2, 0.25) is 5.02 Å². The third-order valence-corrected chi connectivity index (χ3v) is 7.28. The van der Waals surface area contributed by atoms with Gasteiger partial charge in [-0.15, -0.1) is 0 Å². The number of nitrogens with zero attached hydrogens (tertiary/aromatic N) is 1. The molecule has 0 aliphatic heterocycles. The Hall–Kier alpha value is -4.08. The molecule has 0 radical (unpaired) electrons. The van der Waals surface area contributed by atoms with E-state index in [0.29, 0.717) is 5.76 Å². The molecule has 1 heterocycles. The molecule has 0 aliphatic carbocycles. The first-order chi connectivity index (χ1) is 17.4. The Morgan fingerprint density at radius 1 is 0.861 bits per heavy atom. The number of benzene rings is 3. The van der Waals surface area contributed by atoms with E-state index in [2.05, 4.69) is 10.6 Å². The summed E-state index contributed by atoms with van der Waals surface area (Å²) in [4.78, 5) is 25.9. The molecule has 4 rings (SSSR count). The van der Waals surface area contributed by atoms with E-state index in [9.17, 15) is 18.0 Å². The number of furan rings is 1. The van der Waals surface area contributed by atoms with Crippen molar-refractivity contribution in [3.05, 3.63) is 114 Å². The fraction of sp³-hybridized carbons (Fsp3) is 0.0769. The van der Waals surface area contributed by atoms with Crippen LogP contribution in [0.3, 0.4) is 0 Å². The van der Waals surface area contributed by atoms with Gasteiger partial charge in [0.1, 0.15) is 12.3 Å². The summed E-state index contributed by atoms with van der Waals surface area (Å²) in [6, 6.07) is 24.0. The molecule has 184 valence electrons. The van der Waals surface area contributed by atoms with Crippen molar-refractivity contribution in [1.82, 2.24) is 5.32 Å². The fourth-order valence-corrected chi connectivity index (χ4v) is 5.21. The molecule has 0 fully saturated rings. The quantitative estimate of drug-likeness (QED) is 0.330. The first-order valence-corrected chi connectivity index (χ1v) is 12.7. The highest BCUT2D eigenvalue weighted by molar-refractivity contribution is 7.92. The number of para-hydroxylation sites is 2. The van der Waals surface area contributed by atoms with Gasteiger partial charge in [-0.3, -0.25) is 13.9 Å². The Morgan fingerprint density at radius 3 is 2.28 bits per heavy atom. The molecule has 10 heteroatoms. The maximum Gasteiger partial charge on any atom is 0.264 e. The van der Waals surface area contributed by atoms with E-state index in [1.54, 1.807) is 72.8 Å². The lowest BCUT2D eigenvalue weighted by Crippen LogP contribution is -2.38. The third kappa shape index (κ3) is 5.76. The number of amides is 2. The molecule has 36 heavy (non-hydrogen) atoms. The second kappa shape index (κ2) is 11.1. The number of hydrogen-bond acceptors (Lipinski definition) is 5. The number of carbonyl (C=O) groups excluding carboxylic acids is 2. The molecule has 1 aromatic heterocycles. The SMILES string of the molecule is O=C(CN(c1ccccc1Cl)S(=O)(=O)c1ccccc1)Nc1ccccc1C(=O)NCc1ccco1. The lowest BCUT2D eigenvalue weighted by molar-refractivity contribution is -0.114. The van der Waals surface area contributed by atoms with Crippen molar-refractivity contribution in [2.24, 2.45) is 0 Å². The molecular weight excluding hydrogens is 502 g/mol. The monoisotopic (exact) mass is 523 g/mol. The molecule has 3 aromatic carbocycles. The first-order valence-electron chi connectivity index (χ1n) is 10.9. The van der Waals surface area contributed by atoms with E-state index in [1.807, 2.05) is 0 Å². The molecule has 0 aliphatic rings. The largest absolute Gasteiger partial charge is 0.467 e. The lowest BCUT2D eigenvalue weighted by atomic mass is 10.1. The number of carbonyl (C=O) groups is 2. The minimum Gasteiger partial charge on any atom is -0.467 e. The van der Waals surface area contributed by atoms with Gasteiger partial charge in [0.15, 0.2) is 0 Å². The number of hydrogen-bond donors (Lipinski definition) is 2. The van der Waals surface area contributed by atoms with Crippen molar-refractivity contribution in [2.45, 2.75) is 11.4 Å². The summed E-state index contributed by atoms with van der Waals surface area (Å²) in [6.45, 7) is -0.396. The summed E-state index contributed by atoms with van der Waals surface area (Å²) < 4.78 is 33.1. The minimum absolute atomic E-state index is 0.00965. The number of rotatable bonds is 9. The van der Waals surface area contributed by atoms with Crippen LogP contribution in [-0.2, 0) is 21.4 Å². The highest BCUT2D eigenvalue weighted by Gasteiger charge is 2.29. The maximum atomic E-state index is 13.5. The van der Waals surface area contributed by atoms with Gasteiger partial charge in [0.25, 0.3) is 15.9 Å². The summed E-state index contributed by atoms with van der Waals surface area (Å²) in [5.41, 5.74) is 0.603. The summed E-state index contributed by atoms with van der Waals surface area (Å²) in [7, 11) is -4.13. The van der Waals surface area contributed by atoms with Crippen molar-refractivity contribution in [3.8, 4) is 0 Å². The lowest BCUT2D eigenvalue weighted by Gasteiger charge is -2.25. The number of sulfonamides is 1. The van der Waals surface area contributed by atoms with E-state index in [0.717, 1.165) is 4.31 Å². The van der Waals surface area contributed by atoms with Gasteiger partial charge in [0.05, 0.1) is 39.7 Å². The van der Waals surface area contributed by atoms with Gasteiger partial charge in [-0.1, -0.05) is 54.1 Å². The van der Waals surface area contributed by atoms with Gasteiger partial charge in [0.2, 0.25) is 5.91 Å². The summed E-state index contributed by atoms with van der Waals surface area (Å²) in [5, 5.41) is 5.55. The summed E-state index contributed by atoms with van der Waals surface area (Å²) in [5.74, 6) is -0.505. The van der Waals surface area contributed by atoms with Crippen LogP contribution >= 0.6 is 11.6 Å². The molecule has 2 N–H and O–H groups in total. The van der Waals surface area contributed by atoms with Crippen LogP contribution in [0.25, 0.3) is 0 Å². The van der Waals surface area contributed by atoms with E-state index in [-0.39, 0.29) is 33.4 Å². The molecule has 4 aromatic rings. The van der Waals surface area contributed by atoms with Gasteiger partial charge in [-0.25, -0.2) is 8.42 Å². The Kier molecular flexibility index (Phi) is 7.72. The second-order valence-electron chi connectivity index (χ2n) is 7.63. The Morgan fingerprint density at radius 2 is 1.56 bits per heavy atom. The van der Waals surface area contributed by atoms with Crippen LogP contribution in [0.4, 0.5) is 11.4 Å². The molecular formula is C26H22ClN3O5S. The molecule has 8 nitrogen and oxygen atoms in total. The molecule has 0 saturated heterocycles. The van der Waals surface area contributed by atoms with Crippen molar-refractivity contribution < 1.29 is 22.4 Å². The smallest absolute Gasteiger partial charge is 0.264 e. The zero-order valence-electron chi connectivity index (χ0n) is 18.9. The van der Waals surface area contributed by atoms with E-state index in [1.165, 1.54) is 24.5 Å². The van der Waals surface area contributed by atoms with Crippen LogP contribution < -0.4 is 14.9 Å². The highest BCUT2D eigenvalue weighted by atomic mass is 35.5. The van der Waals surface area contributed by atoms with Gasteiger partial charge >= 0.3 is 0 Å². The minimum atomic E-state index is -4.13. The van der Waals surface area contributed by atoms with Gasteiger partial charge in [-0.05, 0) is 48.5 Å². The van der Waals surface area contributed by atoms with Crippen LogP contribution in [0.15, 0.2) is 107 Å². The number of nitrogens with one attached hydrogen (secondary N) is 2. The average Bonchev–Trinajstić information content (AvgIpc) is 3.41. The normalized spacial score (nSPS) is 11.0. The molecule has 0 spiro atoms. The van der Waals surface area contributed by atoms with Crippen LogP contribution in [0, 0.1) is 0 Å². The molecule has 0 bridgehead atoms. The number of anilines is 2. The average molecular weight is 524 g/mol. The van der Waals surface area contributed by atoms with Crippen molar-refractivity contribution in [2.75, 3.05) is 16.2 Å². The zero-order chi connectivity index (χ0) is 25.5. The Bertz CT molecular complexity index is 1460. The van der Waals surface area contributed by atoms with Crippen molar-refractivity contribution in [1.29, 1.82) is 0 Å². The predicted octanol–water partition coefficient (Wildman–Crippen LogP) is 4.70. The van der Waals surface area contributed by atoms with E-state index < -0.39 is 28.4 Å². The zero-order valence-corrected chi connectivity index (χ0v) is 20.5. The third-order valence-electron chi connectivity index (χ3n) is 5.19. The molecule has 2 amide bonds. The van der Waals surface area contributed by atoms with Crippen LogP contribution in [0.5, 0.6) is 0 Å². The van der Waals surface area contributed by atoms with Gasteiger partial charge in [0, 0.05) is 0 Å². The molecule has 0 atom stereocenters. The number of halogens is 1. The molecule has 0 unspecified atom stereocenters. The van der Waals surface area contributed by atoms with Crippen molar-refractivity contribution >= 4 is 44.8 Å². The highest BCUT2D eigenvalue weighted by Crippen LogP contribution is 2.30. The van der Waals surface area contributed by atoms with E-state index >= 15 is 0 Å². The van der Waals surface area contributed by atoms with E-state index in [4.69, 9.17) is 16.0 Å². The Balaban J connectivity index is 1.57. The first kappa shape index (κ1) is 25.0. The Labute approximate surface area is 213 Å². The summed E-state index contributed by atoms with van der Waals surface area (Å²) >= 11 is 6.30. The van der Waals surface area contributed by atoms with Crippen molar-refractivity contribution in [3.63, 3.8) is 0 Å². The summed E-state index contributed by atoms with van der Waals surface area (Å²) in [6.07, 6.45) is 1.50. The standard InChI is InChI=1S/C26H22ClN3O5S/c27-22-13-5-7-15-24(22)30(36(33,34)20-10-2-1-3-11-20)18-25(31)29-23-14-6-4-12-21(23)26(32)28-17-19-9-8-16-35-19/h1-16H,17-18H2,(H,28,32)(H,29,31). The maximum absolute atomic E-state index is 13.5. The van der Waals surface area contributed by atoms with Crippen LogP contribution in [-0.4, -0.2) is 26.8 Å². The fourth-order valence-electron chi connectivity index (χ4n) is 3.46. The topological polar surface area (TPSA) is 109 Å². The van der Waals surface area contributed by atoms with Gasteiger partial charge in [-0.2, -0.15) is 0 Å². The molecule has 0 saturated carbocycles. The van der Waals surface area contributed by atoms with Crippen LogP contribution in [0.1, 0.15) is 16.1 Å². The predicted molar refractivity (Wildman–Crippen MR) is 137 cm³/mol.